The van der Waals surface area contributed by atoms with Gasteiger partial charge in [-0.1, -0.05) is 23.5 Å². The number of hydrogen-bond donors (Lipinski definition) is 0. The minimum absolute atomic E-state index is 0.153. The molecule has 0 saturated heterocycles. The number of rotatable bonds is 4. The van der Waals surface area contributed by atoms with Gasteiger partial charge in [-0.05, 0) is 49.2 Å². The van der Waals surface area contributed by atoms with Crippen molar-refractivity contribution in [3.05, 3.63) is 52.3 Å². The van der Waals surface area contributed by atoms with Crippen LogP contribution in [0.3, 0.4) is 0 Å². The zero-order chi connectivity index (χ0) is 19.7. The first-order chi connectivity index (χ1) is 13.6. The van der Waals surface area contributed by atoms with Gasteiger partial charge in [-0.2, -0.15) is 4.99 Å². The molecule has 28 heavy (non-hydrogen) atoms. The van der Waals surface area contributed by atoms with Crippen molar-refractivity contribution in [2.75, 3.05) is 20.3 Å². The van der Waals surface area contributed by atoms with E-state index in [-0.39, 0.29) is 12.5 Å². The number of carbonyl (C=O) groups is 1. The second kappa shape index (κ2) is 7.77. The van der Waals surface area contributed by atoms with Gasteiger partial charge in [0.15, 0.2) is 16.3 Å². The fourth-order valence-corrected chi connectivity index (χ4v) is 4.25. The van der Waals surface area contributed by atoms with Crippen molar-refractivity contribution in [2.45, 2.75) is 26.5 Å². The maximum atomic E-state index is 12.8. The molecule has 0 aliphatic carbocycles. The predicted octanol–water partition coefficient (Wildman–Crippen LogP) is 3.23. The summed E-state index contributed by atoms with van der Waals surface area (Å²) in [4.78, 5) is 17.8. The number of hydrogen-bond acceptors (Lipinski definition) is 5. The quantitative estimate of drug-likeness (QED) is 0.677. The average Bonchev–Trinajstić information content (AvgIpc) is 3.02. The molecule has 0 bridgehead atoms. The third-order valence-electron chi connectivity index (χ3n) is 4.81. The van der Waals surface area contributed by atoms with E-state index in [1.165, 1.54) is 22.5 Å². The van der Waals surface area contributed by atoms with Gasteiger partial charge in [0.2, 0.25) is 6.10 Å². The van der Waals surface area contributed by atoms with E-state index in [0.29, 0.717) is 29.5 Å². The number of carbonyl (C=O) groups excluding carboxylic acids is 1. The third kappa shape index (κ3) is 3.55. The standard InChI is InChI=1S/C21H22N2O4S/c1-13-10-15-19(11-14(13)2)28-21(23(15)8-9-25-3)22-20(24)18-12-26-16-6-4-5-7-17(16)27-18/h4-7,10-11,18H,8-9,12H2,1-3H3. The highest BCUT2D eigenvalue weighted by Gasteiger charge is 2.27. The van der Waals surface area contributed by atoms with Crippen LogP contribution in [-0.2, 0) is 16.1 Å². The Balaban J connectivity index is 1.71. The number of thiazole rings is 1. The molecule has 0 fully saturated rings. The number of benzene rings is 2. The van der Waals surface area contributed by atoms with Crippen molar-refractivity contribution >= 4 is 27.5 Å². The molecule has 6 nitrogen and oxygen atoms in total. The van der Waals surface area contributed by atoms with Crippen LogP contribution < -0.4 is 14.3 Å². The first kappa shape index (κ1) is 18.7. The summed E-state index contributed by atoms with van der Waals surface area (Å²) in [6, 6.07) is 11.6. The van der Waals surface area contributed by atoms with Gasteiger partial charge in [0, 0.05) is 13.7 Å². The Morgan fingerprint density at radius 3 is 2.79 bits per heavy atom. The third-order valence-corrected chi connectivity index (χ3v) is 5.85. The molecule has 0 saturated carbocycles. The predicted molar refractivity (Wildman–Crippen MR) is 108 cm³/mol. The molecule has 4 rings (SSSR count). The minimum atomic E-state index is -0.751. The molecular weight excluding hydrogens is 376 g/mol. The molecule has 2 aromatic carbocycles. The maximum Gasteiger partial charge on any atom is 0.292 e. The van der Waals surface area contributed by atoms with Crippen LogP contribution in [0.15, 0.2) is 41.4 Å². The fraction of sp³-hybridized carbons (Fsp3) is 0.333. The lowest BCUT2D eigenvalue weighted by Crippen LogP contribution is -2.37. The van der Waals surface area contributed by atoms with Gasteiger partial charge in [-0.3, -0.25) is 4.79 Å². The summed E-state index contributed by atoms with van der Waals surface area (Å²) in [5.41, 5.74) is 3.48. The molecule has 0 radical (unpaired) electrons. The number of amides is 1. The van der Waals surface area contributed by atoms with Crippen molar-refractivity contribution in [1.82, 2.24) is 4.57 Å². The van der Waals surface area contributed by atoms with Crippen LogP contribution in [0, 0.1) is 13.8 Å². The summed E-state index contributed by atoms with van der Waals surface area (Å²) in [6.45, 7) is 5.48. The number of ether oxygens (including phenoxy) is 3. The highest BCUT2D eigenvalue weighted by molar-refractivity contribution is 7.16. The molecule has 0 spiro atoms. The van der Waals surface area contributed by atoms with Crippen molar-refractivity contribution in [3.8, 4) is 11.5 Å². The Hall–Kier alpha value is -2.64. The van der Waals surface area contributed by atoms with E-state index in [1.807, 2.05) is 22.8 Å². The molecule has 3 aromatic rings. The summed E-state index contributed by atoms with van der Waals surface area (Å²) >= 11 is 1.50. The van der Waals surface area contributed by atoms with Gasteiger partial charge < -0.3 is 18.8 Å². The molecule has 1 aliphatic rings. The molecule has 1 amide bonds. The van der Waals surface area contributed by atoms with Gasteiger partial charge in [0.25, 0.3) is 5.91 Å². The van der Waals surface area contributed by atoms with E-state index < -0.39 is 6.10 Å². The SMILES string of the molecule is COCCn1c(=NC(=O)C2COc3ccccc3O2)sc2cc(C)c(C)cc21. The molecule has 7 heteroatoms. The lowest BCUT2D eigenvalue weighted by molar-refractivity contribution is -0.127. The smallest absolute Gasteiger partial charge is 0.292 e. The lowest BCUT2D eigenvalue weighted by atomic mass is 10.1. The molecule has 1 unspecified atom stereocenters. The van der Waals surface area contributed by atoms with Gasteiger partial charge in [-0.25, -0.2) is 0 Å². The second-order valence-corrected chi connectivity index (χ2v) is 7.76. The molecule has 0 N–H and O–H groups in total. The van der Waals surface area contributed by atoms with Crippen LogP contribution in [0.4, 0.5) is 0 Å². The van der Waals surface area contributed by atoms with Gasteiger partial charge in [0.05, 0.1) is 16.8 Å². The van der Waals surface area contributed by atoms with Crippen molar-refractivity contribution in [1.29, 1.82) is 0 Å². The summed E-state index contributed by atoms with van der Waals surface area (Å²) in [7, 11) is 1.66. The van der Waals surface area contributed by atoms with E-state index in [4.69, 9.17) is 14.2 Å². The fourth-order valence-electron chi connectivity index (χ4n) is 3.11. The Labute approximate surface area is 167 Å². The Kier molecular flexibility index (Phi) is 5.19. The molecule has 2 heterocycles. The van der Waals surface area contributed by atoms with Gasteiger partial charge in [-0.15, -0.1) is 0 Å². The van der Waals surface area contributed by atoms with E-state index in [0.717, 1.165) is 10.2 Å². The molecule has 1 aliphatic heterocycles. The second-order valence-electron chi connectivity index (χ2n) is 6.75. The van der Waals surface area contributed by atoms with E-state index in [1.54, 1.807) is 13.2 Å². The van der Waals surface area contributed by atoms with Crippen molar-refractivity contribution < 1.29 is 19.0 Å². The van der Waals surface area contributed by atoms with Crippen LogP contribution in [0.2, 0.25) is 0 Å². The number of aryl methyl sites for hydroxylation is 2. The number of aromatic nitrogens is 1. The summed E-state index contributed by atoms with van der Waals surface area (Å²) in [5.74, 6) is 0.868. The van der Waals surface area contributed by atoms with Crippen molar-refractivity contribution in [2.24, 2.45) is 4.99 Å². The normalized spacial score (nSPS) is 16.5. The number of nitrogens with zero attached hydrogens (tertiary/aromatic N) is 2. The van der Waals surface area contributed by atoms with E-state index >= 15 is 0 Å². The highest BCUT2D eigenvalue weighted by atomic mass is 32.1. The summed E-state index contributed by atoms with van der Waals surface area (Å²) in [6.07, 6.45) is -0.751. The molecular formula is C21H22N2O4S. The zero-order valence-corrected chi connectivity index (χ0v) is 16.9. The van der Waals surface area contributed by atoms with Crippen LogP contribution >= 0.6 is 11.3 Å². The van der Waals surface area contributed by atoms with Crippen LogP contribution in [-0.4, -0.2) is 36.9 Å². The van der Waals surface area contributed by atoms with Crippen LogP contribution in [0.25, 0.3) is 10.2 Å². The largest absolute Gasteiger partial charge is 0.485 e. The van der Waals surface area contributed by atoms with E-state index in [2.05, 4.69) is 31.0 Å². The monoisotopic (exact) mass is 398 g/mol. The zero-order valence-electron chi connectivity index (χ0n) is 16.1. The molecule has 1 atom stereocenters. The van der Waals surface area contributed by atoms with Gasteiger partial charge >= 0.3 is 0 Å². The van der Waals surface area contributed by atoms with Crippen LogP contribution in [0.1, 0.15) is 11.1 Å². The van der Waals surface area contributed by atoms with E-state index in [9.17, 15) is 4.79 Å². The Bertz CT molecular complexity index is 1100. The summed E-state index contributed by atoms with van der Waals surface area (Å²) < 4.78 is 19.8. The molecule has 146 valence electrons. The van der Waals surface area contributed by atoms with Crippen molar-refractivity contribution in [3.63, 3.8) is 0 Å². The minimum Gasteiger partial charge on any atom is -0.485 e. The average molecular weight is 398 g/mol. The Morgan fingerprint density at radius 1 is 1.25 bits per heavy atom. The highest BCUT2D eigenvalue weighted by Crippen LogP contribution is 2.31. The molecule has 1 aromatic heterocycles. The number of methoxy groups -OCH3 is 1. The number of fused-ring (bicyclic) bond motifs is 2. The van der Waals surface area contributed by atoms with Gasteiger partial charge in [0.1, 0.15) is 6.61 Å². The lowest BCUT2D eigenvalue weighted by Gasteiger charge is -2.23. The van der Waals surface area contributed by atoms with Crippen LogP contribution in [0.5, 0.6) is 11.5 Å². The number of para-hydroxylation sites is 2. The first-order valence-electron chi connectivity index (χ1n) is 9.13. The Morgan fingerprint density at radius 2 is 2.00 bits per heavy atom. The topological polar surface area (TPSA) is 62.1 Å². The first-order valence-corrected chi connectivity index (χ1v) is 9.95. The maximum absolute atomic E-state index is 12.8. The summed E-state index contributed by atoms with van der Waals surface area (Å²) in [5, 5.41) is 0.